The Morgan fingerprint density at radius 2 is 1.54 bits per heavy atom. The van der Waals surface area contributed by atoms with Crippen molar-refractivity contribution in [3.05, 3.63) is 118 Å². The van der Waals surface area contributed by atoms with Crippen molar-refractivity contribution < 1.29 is 14.1 Å². The molecule has 0 aliphatic carbocycles. The number of hydrogen-bond donors (Lipinski definition) is 2. The molecule has 3 N–H and O–H groups in total. The van der Waals surface area contributed by atoms with Crippen LogP contribution in [0.1, 0.15) is 75.2 Å². The highest BCUT2D eigenvalue weighted by Gasteiger charge is 2.24. The zero-order chi connectivity index (χ0) is 28.2. The molecule has 7 heteroatoms. The molecule has 0 bridgehead atoms. The Bertz CT molecular complexity index is 1430. The van der Waals surface area contributed by atoms with Crippen LogP contribution in [-0.4, -0.2) is 21.9 Å². The van der Waals surface area contributed by atoms with E-state index in [1.807, 2.05) is 72.8 Å². The predicted octanol–water partition coefficient (Wildman–Crippen LogP) is 6.14. The third-order valence-electron chi connectivity index (χ3n) is 6.73. The molecule has 4 aromatic rings. The van der Waals surface area contributed by atoms with E-state index in [0.717, 1.165) is 16.7 Å². The van der Waals surface area contributed by atoms with E-state index in [1.54, 1.807) is 18.7 Å². The molecule has 0 spiro atoms. The molecule has 202 valence electrons. The number of nitrogens with one attached hydrogen (secondary N) is 1. The van der Waals surface area contributed by atoms with E-state index in [2.05, 4.69) is 31.2 Å². The lowest BCUT2D eigenvalue weighted by atomic mass is 9.87. The topological polar surface area (TPSA) is 101 Å². The first-order valence-electron chi connectivity index (χ1n) is 13.1. The highest BCUT2D eigenvalue weighted by molar-refractivity contribution is 6.04. The van der Waals surface area contributed by atoms with Gasteiger partial charge in [0.2, 0.25) is 0 Å². The molecule has 3 aromatic carbocycles. The Balaban J connectivity index is 1.50. The number of nitrogens with two attached hydrogens (primary N) is 1. The number of carbonyl (C=O) groups excluding carboxylic acids is 2. The summed E-state index contributed by atoms with van der Waals surface area (Å²) in [5.74, 6) is 0.172. The van der Waals surface area contributed by atoms with Crippen LogP contribution in [0.5, 0.6) is 0 Å². The summed E-state index contributed by atoms with van der Waals surface area (Å²) in [7, 11) is 0. The van der Waals surface area contributed by atoms with Gasteiger partial charge in [0.1, 0.15) is 11.3 Å². The van der Waals surface area contributed by atoms with Gasteiger partial charge >= 0.3 is 0 Å². The highest BCUT2D eigenvalue weighted by Crippen LogP contribution is 2.23. The van der Waals surface area contributed by atoms with Crippen LogP contribution < -0.4 is 11.1 Å². The molecule has 4 rings (SSSR count). The second-order valence-electron chi connectivity index (χ2n) is 10.9. The number of aromatic nitrogens is 1. The molecule has 2 amide bonds. The smallest absolute Gasteiger partial charge is 0.259 e. The van der Waals surface area contributed by atoms with Crippen molar-refractivity contribution in [3.63, 3.8) is 0 Å². The maximum Gasteiger partial charge on any atom is 0.259 e. The number of anilines is 1. The normalized spacial score (nSPS) is 11.3. The molecule has 0 aliphatic rings. The lowest BCUT2D eigenvalue weighted by molar-refractivity contribution is 0.0727. The van der Waals surface area contributed by atoms with Crippen molar-refractivity contribution in [2.75, 3.05) is 5.32 Å². The van der Waals surface area contributed by atoms with Crippen LogP contribution in [0, 0.1) is 13.8 Å². The fourth-order valence-corrected chi connectivity index (χ4v) is 4.46. The summed E-state index contributed by atoms with van der Waals surface area (Å²) in [5, 5.41) is 6.92. The number of hydrogen-bond acceptors (Lipinski definition) is 5. The molecule has 0 fully saturated rings. The molecule has 39 heavy (non-hydrogen) atoms. The molecule has 0 radical (unpaired) electrons. The quantitative estimate of drug-likeness (QED) is 0.288. The zero-order valence-corrected chi connectivity index (χ0v) is 23.2. The van der Waals surface area contributed by atoms with E-state index >= 15 is 0 Å². The van der Waals surface area contributed by atoms with Gasteiger partial charge in [-0.3, -0.25) is 9.59 Å². The van der Waals surface area contributed by atoms with Gasteiger partial charge in [-0.15, -0.1) is 0 Å². The average molecular weight is 525 g/mol. The number of amides is 2. The van der Waals surface area contributed by atoms with Crippen LogP contribution in [0.2, 0.25) is 0 Å². The van der Waals surface area contributed by atoms with Crippen molar-refractivity contribution in [3.8, 4) is 0 Å². The standard InChI is InChI=1S/C32H36N4O3/c1-21-29(22(2)39-35-21)31(38)36(20-25-8-6-7-24(17-25)18-33)19-23-9-15-28(16-10-23)34-30(37)26-11-13-27(14-12-26)32(3,4)5/h6-17H,18-20,33H2,1-5H3,(H,34,37). The lowest BCUT2D eigenvalue weighted by Crippen LogP contribution is -2.31. The molecular weight excluding hydrogens is 488 g/mol. The van der Waals surface area contributed by atoms with E-state index in [-0.39, 0.29) is 17.2 Å². The van der Waals surface area contributed by atoms with Crippen LogP contribution >= 0.6 is 0 Å². The van der Waals surface area contributed by atoms with Gasteiger partial charge in [-0.1, -0.05) is 74.5 Å². The Morgan fingerprint density at radius 3 is 2.13 bits per heavy atom. The number of benzene rings is 3. The van der Waals surface area contributed by atoms with Crippen LogP contribution in [-0.2, 0) is 25.0 Å². The van der Waals surface area contributed by atoms with Crippen LogP contribution in [0.3, 0.4) is 0 Å². The van der Waals surface area contributed by atoms with Crippen molar-refractivity contribution in [1.82, 2.24) is 10.1 Å². The molecule has 0 aliphatic heterocycles. The van der Waals surface area contributed by atoms with Gasteiger partial charge < -0.3 is 20.5 Å². The maximum absolute atomic E-state index is 13.6. The molecule has 7 nitrogen and oxygen atoms in total. The minimum absolute atomic E-state index is 0.0266. The number of carbonyl (C=O) groups is 2. The number of aryl methyl sites for hydroxylation is 2. The molecule has 1 heterocycles. The SMILES string of the molecule is Cc1noc(C)c1C(=O)N(Cc1ccc(NC(=O)c2ccc(C(C)(C)C)cc2)cc1)Cc1cccc(CN)c1. The minimum atomic E-state index is -0.168. The summed E-state index contributed by atoms with van der Waals surface area (Å²) >= 11 is 0. The van der Waals surface area contributed by atoms with Gasteiger partial charge in [-0.2, -0.15) is 0 Å². The Morgan fingerprint density at radius 1 is 0.897 bits per heavy atom. The van der Waals surface area contributed by atoms with Gasteiger partial charge in [-0.25, -0.2) is 0 Å². The van der Waals surface area contributed by atoms with Crippen molar-refractivity contribution >= 4 is 17.5 Å². The summed E-state index contributed by atoms with van der Waals surface area (Å²) in [6, 6.07) is 23.1. The summed E-state index contributed by atoms with van der Waals surface area (Å²) in [5.41, 5.74) is 12.3. The van der Waals surface area contributed by atoms with Gasteiger partial charge in [0, 0.05) is 30.9 Å². The first kappa shape index (κ1) is 27.8. The van der Waals surface area contributed by atoms with E-state index in [0.29, 0.717) is 47.9 Å². The fourth-order valence-electron chi connectivity index (χ4n) is 4.46. The summed E-state index contributed by atoms with van der Waals surface area (Å²) in [4.78, 5) is 28.2. The molecule has 0 unspecified atom stereocenters. The maximum atomic E-state index is 13.6. The van der Waals surface area contributed by atoms with Gasteiger partial charge in [0.15, 0.2) is 0 Å². The van der Waals surface area contributed by atoms with Crippen molar-refractivity contribution in [2.45, 2.75) is 59.7 Å². The van der Waals surface area contributed by atoms with E-state index in [4.69, 9.17) is 10.3 Å². The highest BCUT2D eigenvalue weighted by atomic mass is 16.5. The summed E-state index contributed by atoms with van der Waals surface area (Å²) < 4.78 is 5.26. The minimum Gasteiger partial charge on any atom is -0.361 e. The summed E-state index contributed by atoms with van der Waals surface area (Å²) in [6.07, 6.45) is 0. The summed E-state index contributed by atoms with van der Waals surface area (Å²) in [6.45, 7) is 11.1. The third kappa shape index (κ3) is 6.81. The largest absolute Gasteiger partial charge is 0.361 e. The fraction of sp³-hybridized carbons (Fsp3) is 0.281. The monoisotopic (exact) mass is 524 g/mol. The molecule has 0 saturated heterocycles. The van der Waals surface area contributed by atoms with E-state index < -0.39 is 0 Å². The van der Waals surface area contributed by atoms with Crippen LogP contribution in [0.4, 0.5) is 5.69 Å². The van der Waals surface area contributed by atoms with Gasteiger partial charge in [0.05, 0.1) is 5.69 Å². The molecule has 0 saturated carbocycles. The lowest BCUT2D eigenvalue weighted by Gasteiger charge is -2.23. The number of nitrogens with zero attached hydrogens (tertiary/aromatic N) is 2. The molecular formula is C32H36N4O3. The van der Waals surface area contributed by atoms with E-state index in [1.165, 1.54) is 5.56 Å². The second kappa shape index (κ2) is 11.7. The van der Waals surface area contributed by atoms with Crippen molar-refractivity contribution in [1.29, 1.82) is 0 Å². The third-order valence-corrected chi connectivity index (χ3v) is 6.73. The van der Waals surface area contributed by atoms with Gasteiger partial charge in [-0.05, 0) is 65.8 Å². The van der Waals surface area contributed by atoms with Gasteiger partial charge in [0.25, 0.3) is 11.8 Å². The molecule has 0 atom stereocenters. The van der Waals surface area contributed by atoms with E-state index in [9.17, 15) is 9.59 Å². The van der Waals surface area contributed by atoms with Crippen molar-refractivity contribution in [2.24, 2.45) is 5.73 Å². The Kier molecular flexibility index (Phi) is 8.31. The molecule has 1 aromatic heterocycles. The predicted molar refractivity (Wildman–Crippen MR) is 153 cm³/mol. The first-order valence-corrected chi connectivity index (χ1v) is 13.1. The zero-order valence-electron chi connectivity index (χ0n) is 23.2. The second-order valence-corrected chi connectivity index (χ2v) is 10.9. The first-order chi connectivity index (χ1) is 18.5. The Hall–Kier alpha value is -4.23. The van der Waals surface area contributed by atoms with Crippen LogP contribution in [0.25, 0.3) is 0 Å². The number of rotatable bonds is 8. The average Bonchev–Trinajstić information content (AvgIpc) is 3.26. The Labute approximate surface area is 230 Å². The van der Waals surface area contributed by atoms with Crippen LogP contribution in [0.15, 0.2) is 77.3 Å².